The zero-order valence-corrected chi connectivity index (χ0v) is 16.7. The Balaban J connectivity index is 1.72. The van der Waals surface area contributed by atoms with Crippen LogP contribution in [0.2, 0.25) is 0 Å². The molecule has 134 valence electrons. The van der Waals surface area contributed by atoms with Crippen LogP contribution >= 0.6 is 27.3 Å². The average Bonchev–Trinajstić information content (AvgIpc) is 3.02. The number of halogens is 1. The predicted octanol–water partition coefficient (Wildman–Crippen LogP) is 3.59. The van der Waals surface area contributed by atoms with Crippen LogP contribution < -0.4 is 10.0 Å². The van der Waals surface area contributed by atoms with Gasteiger partial charge in [-0.15, -0.1) is 11.3 Å². The van der Waals surface area contributed by atoms with Crippen molar-refractivity contribution in [3.8, 4) is 11.3 Å². The molecule has 3 aromatic rings. The number of anilines is 2. The molecule has 0 saturated heterocycles. The number of thiazole rings is 1. The average molecular weight is 453 g/mol. The van der Waals surface area contributed by atoms with Crippen molar-refractivity contribution >= 4 is 54.0 Å². The van der Waals surface area contributed by atoms with Gasteiger partial charge in [0.15, 0.2) is 5.13 Å². The Bertz CT molecular complexity index is 1050. The van der Waals surface area contributed by atoms with Crippen molar-refractivity contribution in [3.05, 3.63) is 58.1 Å². The molecule has 2 N–H and O–H groups in total. The SMILES string of the molecule is CS(=O)(=O)Nc1ccc(-c2csc(NC(=O)c3cncc(Br)c3)n2)cc1. The number of rotatable bonds is 5. The molecule has 10 heteroatoms. The topological polar surface area (TPSA) is 101 Å². The summed E-state index contributed by atoms with van der Waals surface area (Å²) in [7, 11) is -3.31. The molecule has 7 nitrogen and oxygen atoms in total. The van der Waals surface area contributed by atoms with Gasteiger partial charge in [0.1, 0.15) is 0 Å². The molecule has 0 aliphatic rings. The van der Waals surface area contributed by atoms with E-state index in [-0.39, 0.29) is 5.91 Å². The second-order valence-corrected chi connectivity index (χ2v) is 8.86. The van der Waals surface area contributed by atoms with Gasteiger partial charge in [-0.1, -0.05) is 12.1 Å². The first-order valence-electron chi connectivity index (χ1n) is 7.26. The molecule has 0 unspecified atom stereocenters. The summed E-state index contributed by atoms with van der Waals surface area (Å²) in [6, 6.07) is 8.49. The van der Waals surface area contributed by atoms with Crippen molar-refractivity contribution in [1.82, 2.24) is 9.97 Å². The Labute approximate surface area is 162 Å². The van der Waals surface area contributed by atoms with Crippen molar-refractivity contribution in [2.45, 2.75) is 0 Å². The van der Waals surface area contributed by atoms with E-state index in [1.54, 1.807) is 36.5 Å². The highest BCUT2D eigenvalue weighted by Gasteiger charge is 2.11. The van der Waals surface area contributed by atoms with E-state index in [9.17, 15) is 13.2 Å². The van der Waals surface area contributed by atoms with E-state index in [4.69, 9.17) is 0 Å². The van der Waals surface area contributed by atoms with Crippen LogP contribution in [-0.4, -0.2) is 30.5 Å². The molecule has 0 aliphatic carbocycles. The number of hydrogen-bond donors (Lipinski definition) is 2. The van der Waals surface area contributed by atoms with Gasteiger partial charge in [-0.2, -0.15) is 0 Å². The lowest BCUT2D eigenvalue weighted by Crippen LogP contribution is -2.11. The van der Waals surface area contributed by atoms with E-state index < -0.39 is 10.0 Å². The quantitative estimate of drug-likeness (QED) is 0.615. The Morgan fingerprint density at radius 3 is 2.58 bits per heavy atom. The molecule has 0 aliphatic heterocycles. The van der Waals surface area contributed by atoms with Crippen LogP contribution in [0.15, 0.2) is 52.6 Å². The number of nitrogens with one attached hydrogen (secondary N) is 2. The van der Waals surface area contributed by atoms with E-state index in [0.29, 0.717) is 26.5 Å². The predicted molar refractivity (Wildman–Crippen MR) is 106 cm³/mol. The Morgan fingerprint density at radius 1 is 1.19 bits per heavy atom. The van der Waals surface area contributed by atoms with Crippen LogP contribution in [0.4, 0.5) is 10.8 Å². The van der Waals surface area contributed by atoms with Gasteiger partial charge < -0.3 is 0 Å². The Kier molecular flexibility index (Phi) is 5.35. The van der Waals surface area contributed by atoms with E-state index in [2.05, 4.69) is 35.9 Å². The van der Waals surface area contributed by atoms with Crippen LogP contribution in [0.25, 0.3) is 11.3 Å². The number of nitrogens with zero attached hydrogens (tertiary/aromatic N) is 2. The molecule has 3 rings (SSSR count). The van der Waals surface area contributed by atoms with Crippen LogP contribution in [0, 0.1) is 0 Å². The summed E-state index contributed by atoms with van der Waals surface area (Å²) in [6.45, 7) is 0. The first-order valence-corrected chi connectivity index (χ1v) is 10.8. The Morgan fingerprint density at radius 2 is 1.92 bits per heavy atom. The Hall–Kier alpha value is -2.30. The largest absolute Gasteiger partial charge is 0.298 e. The zero-order valence-electron chi connectivity index (χ0n) is 13.4. The molecule has 0 atom stereocenters. The monoisotopic (exact) mass is 452 g/mol. The minimum Gasteiger partial charge on any atom is -0.298 e. The van der Waals surface area contributed by atoms with Gasteiger partial charge in [-0.25, -0.2) is 13.4 Å². The summed E-state index contributed by atoms with van der Waals surface area (Å²) in [5.74, 6) is -0.299. The molecule has 0 bridgehead atoms. The maximum atomic E-state index is 12.2. The number of aromatic nitrogens is 2. The number of benzene rings is 1. The fourth-order valence-electron chi connectivity index (χ4n) is 2.09. The smallest absolute Gasteiger partial charge is 0.259 e. The molecule has 0 spiro atoms. The zero-order chi connectivity index (χ0) is 18.7. The molecular formula is C16H13BrN4O3S2. The van der Waals surface area contributed by atoms with Gasteiger partial charge >= 0.3 is 0 Å². The molecule has 0 saturated carbocycles. The highest BCUT2D eigenvalue weighted by atomic mass is 79.9. The third kappa shape index (κ3) is 4.87. The van der Waals surface area contributed by atoms with Crippen LogP contribution in [0.5, 0.6) is 0 Å². The van der Waals surface area contributed by atoms with Crippen LogP contribution in [0.1, 0.15) is 10.4 Å². The van der Waals surface area contributed by atoms with Gasteiger partial charge in [0.05, 0.1) is 17.5 Å². The molecule has 26 heavy (non-hydrogen) atoms. The van der Waals surface area contributed by atoms with Gasteiger partial charge in [-0.3, -0.25) is 19.8 Å². The lowest BCUT2D eigenvalue weighted by atomic mass is 10.1. The molecule has 0 fully saturated rings. The molecule has 0 radical (unpaired) electrons. The van der Waals surface area contributed by atoms with Crippen molar-refractivity contribution in [2.24, 2.45) is 0 Å². The minimum absolute atomic E-state index is 0.299. The van der Waals surface area contributed by atoms with Crippen molar-refractivity contribution in [1.29, 1.82) is 0 Å². The van der Waals surface area contributed by atoms with Gasteiger partial charge in [0, 0.05) is 33.5 Å². The molecular weight excluding hydrogens is 440 g/mol. The number of hydrogen-bond acceptors (Lipinski definition) is 6. The van der Waals surface area contributed by atoms with Crippen molar-refractivity contribution in [2.75, 3.05) is 16.3 Å². The maximum absolute atomic E-state index is 12.2. The summed E-state index contributed by atoms with van der Waals surface area (Å²) in [5.41, 5.74) is 2.39. The van der Waals surface area contributed by atoms with E-state index >= 15 is 0 Å². The number of amides is 1. The molecule has 2 aromatic heterocycles. The minimum atomic E-state index is -3.31. The van der Waals surface area contributed by atoms with Crippen molar-refractivity contribution < 1.29 is 13.2 Å². The normalized spacial score (nSPS) is 11.2. The molecule has 1 aromatic carbocycles. The number of sulfonamides is 1. The summed E-state index contributed by atoms with van der Waals surface area (Å²) < 4.78 is 25.6. The fraction of sp³-hybridized carbons (Fsp3) is 0.0625. The second kappa shape index (κ2) is 7.52. The third-order valence-corrected chi connectivity index (χ3v) is 4.97. The van der Waals surface area contributed by atoms with Gasteiger partial charge in [0.25, 0.3) is 5.91 Å². The molecule has 2 heterocycles. The summed E-state index contributed by atoms with van der Waals surface area (Å²) in [4.78, 5) is 20.6. The summed E-state index contributed by atoms with van der Waals surface area (Å²) in [6.07, 6.45) is 4.17. The van der Waals surface area contributed by atoms with Crippen LogP contribution in [0.3, 0.4) is 0 Å². The number of carbonyl (C=O) groups is 1. The lowest BCUT2D eigenvalue weighted by molar-refractivity contribution is 0.102. The summed E-state index contributed by atoms with van der Waals surface area (Å²) in [5, 5.41) is 5.01. The number of pyridine rings is 1. The van der Waals surface area contributed by atoms with Crippen LogP contribution in [-0.2, 0) is 10.0 Å². The number of carbonyl (C=O) groups excluding carboxylic acids is 1. The standard InChI is InChI=1S/C16H13BrN4O3S2/c1-26(23,24)21-13-4-2-10(3-5-13)14-9-25-16(19-14)20-15(22)11-6-12(17)8-18-7-11/h2-9,21H,1H3,(H,19,20,22). The fourth-order valence-corrected chi connectivity index (χ4v) is 3.74. The first-order chi connectivity index (χ1) is 12.3. The van der Waals surface area contributed by atoms with Gasteiger partial charge in [0.2, 0.25) is 10.0 Å². The molecule has 1 amide bonds. The highest BCUT2D eigenvalue weighted by molar-refractivity contribution is 9.10. The summed E-state index contributed by atoms with van der Waals surface area (Å²) >= 11 is 4.58. The highest BCUT2D eigenvalue weighted by Crippen LogP contribution is 2.26. The third-order valence-electron chi connectivity index (χ3n) is 3.18. The second-order valence-electron chi connectivity index (χ2n) is 5.34. The van der Waals surface area contributed by atoms with E-state index in [1.165, 1.54) is 17.5 Å². The maximum Gasteiger partial charge on any atom is 0.259 e. The van der Waals surface area contributed by atoms with E-state index in [0.717, 1.165) is 11.8 Å². The van der Waals surface area contributed by atoms with Crippen molar-refractivity contribution in [3.63, 3.8) is 0 Å². The van der Waals surface area contributed by atoms with E-state index in [1.807, 2.05) is 5.38 Å². The lowest BCUT2D eigenvalue weighted by Gasteiger charge is -2.04. The van der Waals surface area contributed by atoms with Gasteiger partial charge in [-0.05, 0) is 34.1 Å². The first kappa shape index (κ1) is 18.5.